The van der Waals surface area contributed by atoms with E-state index >= 15 is 0 Å². The topological polar surface area (TPSA) is 82.8 Å². The van der Waals surface area contributed by atoms with Crippen LogP contribution >= 0.6 is 23.4 Å². The third-order valence-electron chi connectivity index (χ3n) is 5.54. The van der Waals surface area contributed by atoms with Crippen LogP contribution in [-0.4, -0.2) is 21.9 Å². The van der Waals surface area contributed by atoms with Crippen LogP contribution in [-0.2, 0) is 4.79 Å². The molecule has 0 bridgehead atoms. The van der Waals surface area contributed by atoms with Crippen LogP contribution in [0, 0.1) is 11.3 Å². The number of nitrogens with zero attached hydrogens (tertiary/aromatic N) is 2. The summed E-state index contributed by atoms with van der Waals surface area (Å²) < 4.78 is 0. The summed E-state index contributed by atoms with van der Waals surface area (Å²) >= 11 is 7.31. The molecule has 1 amide bonds. The first kappa shape index (κ1) is 25.2. The number of rotatable bonds is 7. The Morgan fingerprint density at radius 3 is 2.25 bits per heavy atom. The van der Waals surface area contributed by atoms with Crippen LogP contribution in [0.15, 0.2) is 90.0 Å². The molecule has 0 aliphatic carbocycles. The number of nitrogens with one attached hydrogen (secondary N) is 1. The van der Waals surface area contributed by atoms with E-state index in [1.165, 1.54) is 18.7 Å². The molecule has 0 fully saturated rings. The van der Waals surface area contributed by atoms with Gasteiger partial charge in [0.1, 0.15) is 11.1 Å². The lowest BCUT2D eigenvalue weighted by Gasteiger charge is -2.16. The summed E-state index contributed by atoms with van der Waals surface area (Å²) in [6.45, 7) is 3.26. The van der Waals surface area contributed by atoms with Crippen molar-refractivity contribution in [2.45, 2.75) is 24.1 Å². The Hall–Kier alpha value is -3.92. The maximum absolute atomic E-state index is 13.0. The van der Waals surface area contributed by atoms with E-state index in [1.54, 1.807) is 43.3 Å². The second-order valence-corrected chi connectivity index (χ2v) is 9.87. The molecule has 1 atom stereocenters. The first-order valence-corrected chi connectivity index (χ1v) is 12.5. The highest BCUT2D eigenvalue weighted by Gasteiger charge is 2.21. The van der Waals surface area contributed by atoms with Gasteiger partial charge in [0, 0.05) is 27.4 Å². The zero-order chi connectivity index (χ0) is 25.7. The third kappa shape index (κ3) is 5.83. The molecule has 0 aliphatic heterocycles. The molecule has 5 nitrogen and oxygen atoms in total. The molecule has 0 saturated heterocycles. The SMILES string of the molecule is CC(=O)c1ccc(NC(=O)[C@H](C)Sc2nc(-c3ccccc3)cc(-c3ccc(Cl)cc3)c2C#N)cc1. The summed E-state index contributed by atoms with van der Waals surface area (Å²) in [5.74, 6) is -0.277. The summed E-state index contributed by atoms with van der Waals surface area (Å²) in [6, 6.07) is 27.9. The van der Waals surface area contributed by atoms with E-state index in [9.17, 15) is 14.9 Å². The van der Waals surface area contributed by atoms with E-state index in [4.69, 9.17) is 16.6 Å². The molecule has 0 spiro atoms. The fraction of sp³-hybridized carbons (Fsp3) is 0.103. The van der Waals surface area contributed by atoms with Crippen LogP contribution in [0.2, 0.25) is 5.02 Å². The third-order valence-corrected chi connectivity index (χ3v) is 6.88. The predicted octanol–water partition coefficient (Wildman–Crippen LogP) is 7.26. The van der Waals surface area contributed by atoms with Crippen molar-refractivity contribution in [3.05, 3.63) is 101 Å². The first-order chi connectivity index (χ1) is 17.4. The molecule has 4 aromatic rings. The van der Waals surface area contributed by atoms with E-state index in [-0.39, 0.29) is 11.7 Å². The average molecular weight is 512 g/mol. The normalized spacial score (nSPS) is 11.4. The summed E-state index contributed by atoms with van der Waals surface area (Å²) in [6.07, 6.45) is 0. The summed E-state index contributed by atoms with van der Waals surface area (Å²) in [5.41, 5.74) is 4.72. The second-order valence-electron chi connectivity index (χ2n) is 8.10. The number of hydrogen-bond donors (Lipinski definition) is 1. The fourth-order valence-electron chi connectivity index (χ4n) is 3.58. The highest BCUT2D eigenvalue weighted by Crippen LogP contribution is 2.36. The fourth-order valence-corrected chi connectivity index (χ4v) is 4.63. The number of carbonyl (C=O) groups is 2. The van der Waals surface area contributed by atoms with Gasteiger partial charge in [-0.3, -0.25) is 9.59 Å². The van der Waals surface area contributed by atoms with Gasteiger partial charge in [-0.05, 0) is 61.9 Å². The van der Waals surface area contributed by atoms with Gasteiger partial charge in [0.05, 0.1) is 16.5 Å². The smallest absolute Gasteiger partial charge is 0.237 e. The second kappa shape index (κ2) is 11.2. The number of nitriles is 1. The number of thioether (sulfide) groups is 1. The van der Waals surface area contributed by atoms with Crippen molar-refractivity contribution in [3.8, 4) is 28.5 Å². The first-order valence-electron chi connectivity index (χ1n) is 11.2. The molecule has 1 heterocycles. The number of aromatic nitrogens is 1. The molecular formula is C29H22ClN3O2S. The van der Waals surface area contributed by atoms with Crippen molar-refractivity contribution in [3.63, 3.8) is 0 Å². The summed E-state index contributed by atoms with van der Waals surface area (Å²) in [4.78, 5) is 29.2. The lowest BCUT2D eigenvalue weighted by molar-refractivity contribution is -0.115. The van der Waals surface area contributed by atoms with Gasteiger partial charge in [0.25, 0.3) is 0 Å². The van der Waals surface area contributed by atoms with Crippen molar-refractivity contribution in [2.75, 3.05) is 5.32 Å². The number of halogens is 1. The zero-order valence-corrected chi connectivity index (χ0v) is 21.2. The molecule has 0 aliphatic rings. The van der Waals surface area contributed by atoms with Gasteiger partial charge in [-0.2, -0.15) is 5.26 Å². The maximum Gasteiger partial charge on any atom is 0.237 e. The number of amides is 1. The molecule has 1 N–H and O–H groups in total. The van der Waals surface area contributed by atoms with E-state index in [1.807, 2.05) is 48.5 Å². The Labute approximate surface area is 219 Å². The van der Waals surface area contributed by atoms with Crippen LogP contribution in [0.3, 0.4) is 0 Å². The van der Waals surface area contributed by atoms with Crippen molar-refractivity contribution >= 4 is 40.7 Å². The number of benzene rings is 3. The van der Waals surface area contributed by atoms with E-state index in [2.05, 4.69) is 11.4 Å². The quantitative estimate of drug-likeness (QED) is 0.208. The molecule has 3 aromatic carbocycles. The standard InChI is InChI=1S/C29H22ClN3O2S/c1-18(34)20-10-14-24(15-11-20)32-28(35)19(2)36-29-26(17-31)25(21-8-12-23(30)13-9-21)16-27(33-29)22-6-4-3-5-7-22/h3-16,19H,1-2H3,(H,32,35)/t19-/m0/s1. The Bertz CT molecular complexity index is 1450. The molecule has 7 heteroatoms. The van der Waals surface area contributed by atoms with Crippen LogP contribution in [0.1, 0.15) is 29.8 Å². The maximum atomic E-state index is 13.0. The Balaban J connectivity index is 1.68. The van der Waals surface area contributed by atoms with Gasteiger partial charge in [-0.15, -0.1) is 0 Å². The molecule has 36 heavy (non-hydrogen) atoms. The number of hydrogen-bond acceptors (Lipinski definition) is 5. The molecule has 1 aromatic heterocycles. The molecule has 0 saturated carbocycles. The Kier molecular flexibility index (Phi) is 7.84. The summed E-state index contributed by atoms with van der Waals surface area (Å²) in [5, 5.41) is 13.5. The zero-order valence-electron chi connectivity index (χ0n) is 19.7. The predicted molar refractivity (Wildman–Crippen MR) is 145 cm³/mol. The van der Waals surface area contributed by atoms with Gasteiger partial charge < -0.3 is 5.32 Å². The van der Waals surface area contributed by atoms with Gasteiger partial charge in [0.15, 0.2) is 5.78 Å². The van der Waals surface area contributed by atoms with Crippen molar-refractivity contribution < 1.29 is 9.59 Å². The molecule has 0 unspecified atom stereocenters. The number of Topliss-reactive ketones (excluding diaryl/α,β-unsaturated/α-hetero) is 1. The minimum Gasteiger partial charge on any atom is -0.325 e. The largest absolute Gasteiger partial charge is 0.325 e. The molecule has 0 radical (unpaired) electrons. The minimum absolute atomic E-state index is 0.0401. The highest BCUT2D eigenvalue weighted by molar-refractivity contribution is 8.00. The number of ketones is 1. The van der Waals surface area contributed by atoms with Gasteiger partial charge in [-0.25, -0.2) is 4.98 Å². The van der Waals surface area contributed by atoms with E-state index in [0.717, 1.165) is 16.7 Å². The Morgan fingerprint density at radius 1 is 0.972 bits per heavy atom. The monoisotopic (exact) mass is 511 g/mol. The lowest BCUT2D eigenvalue weighted by Crippen LogP contribution is -2.22. The lowest BCUT2D eigenvalue weighted by atomic mass is 9.99. The van der Waals surface area contributed by atoms with E-state index in [0.29, 0.717) is 32.6 Å². The molecule has 4 rings (SSSR count). The highest BCUT2D eigenvalue weighted by atomic mass is 35.5. The van der Waals surface area contributed by atoms with Crippen LogP contribution in [0.25, 0.3) is 22.4 Å². The number of pyridine rings is 1. The molecule has 178 valence electrons. The Morgan fingerprint density at radius 2 is 1.64 bits per heavy atom. The van der Waals surface area contributed by atoms with Gasteiger partial charge >= 0.3 is 0 Å². The van der Waals surface area contributed by atoms with Crippen molar-refractivity contribution in [1.29, 1.82) is 5.26 Å². The van der Waals surface area contributed by atoms with Crippen LogP contribution in [0.5, 0.6) is 0 Å². The average Bonchev–Trinajstić information content (AvgIpc) is 2.89. The van der Waals surface area contributed by atoms with Crippen LogP contribution in [0.4, 0.5) is 5.69 Å². The van der Waals surface area contributed by atoms with Gasteiger partial charge in [0.2, 0.25) is 5.91 Å². The minimum atomic E-state index is -0.541. The van der Waals surface area contributed by atoms with Crippen LogP contribution < -0.4 is 5.32 Å². The van der Waals surface area contributed by atoms with Gasteiger partial charge in [-0.1, -0.05) is 65.8 Å². The number of carbonyl (C=O) groups excluding carboxylic acids is 2. The summed E-state index contributed by atoms with van der Waals surface area (Å²) in [7, 11) is 0. The molecular weight excluding hydrogens is 490 g/mol. The number of anilines is 1. The van der Waals surface area contributed by atoms with E-state index < -0.39 is 5.25 Å². The van der Waals surface area contributed by atoms with Crippen molar-refractivity contribution in [1.82, 2.24) is 4.98 Å². The van der Waals surface area contributed by atoms with Crippen molar-refractivity contribution in [2.24, 2.45) is 0 Å².